The Labute approximate surface area is 116 Å². The molecule has 0 saturated heterocycles. The van der Waals surface area contributed by atoms with Crippen LogP contribution in [0, 0.1) is 5.41 Å². The number of ether oxygens (including phenoxy) is 1. The lowest BCUT2D eigenvalue weighted by atomic mass is 9.80. The molecule has 2 nitrogen and oxygen atoms in total. The van der Waals surface area contributed by atoms with E-state index in [1.54, 1.807) is 19.9 Å². The van der Waals surface area contributed by atoms with Crippen LogP contribution in [0.1, 0.15) is 37.0 Å². The van der Waals surface area contributed by atoms with E-state index in [0.29, 0.717) is 18.4 Å². The molecule has 0 spiro atoms. The van der Waals surface area contributed by atoms with Gasteiger partial charge in [0.15, 0.2) is 5.78 Å². The molecule has 5 heteroatoms. The number of carbonyl (C=O) groups excluding carboxylic acids is 1. The minimum absolute atomic E-state index is 0.113. The number of hydrogen-bond donors (Lipinski definition) is 0. The third-order valence-electron chi connectivity index (χ3n) is 2.94. The molecule has 0 aliphatic carbocycles. The lowest BCUT2D eigenvalue weighted by Crippen LogP contribution is -2.24. The molecule has 0 unspecified atom stereocenters. The van der Waals surface area contributed by atoms with E-state index in [-0.39, 0.29) is 11.5 Å². The minimum Gasteiger partial charge on any atom is -0.406 e. The standard InChI is InChI=1S/C15H17F3O2/c1-4-5-10-14(2,3)13(19)11-6-8-12(9-7-11)20-15(16,17)18/h4,6-9H,1,5,10H2,2-3H3. The quantitative estimate of drug-likeness (QED) is 0.556. The van der Waals surface area contributed by atoms with Gasteiger partial charge < -0.3 is 4.74 Å². The SMILES string of the molecule is C=CCCC(C)(C)C(=O)c1ccc(OC(F)(F)F)cc1. The maximum absolute atomic E-state index is 12.3. The van der Waals surface area contributed by atoms with Crippen molar-refractivity contribution in [3.8, 4) is 5.75 Å². The largest absolute Gasteiger partial charge is 0.573 e. The first-order valence-corrected chi connectivity index (χ1v) is 6.17. The van der Waals surface area contributed by atoms with Crippen LogP contribution in [-0.2, 0) is 0 Å². The Balaban J connectivity index is 2.82. The Morgan fingerprint density at radius 3 is 2.25 bits per heavy atom. The summed E-state index contributed by atoms with van der Waals surface area (Å²) in [6.45, 7) is 7.22. The Hall–Kier alpha value is -1.78. The summed E-state index contributed by atoms with van der Waals surface area (Å²) in [5.74, 6) is -0.448. The van der Waals surface area contributed by atoms with Gasteiger partial charge >= 0.3 is 6.36 Å². The van der Waals surface area contributed by atoms with E-state index in [1.165, 1.54) is 12.1 Å². The molecule has 1 aromatic rings. The van der Waals surface area contributed by atoms with Crippen molar-refractivity contribution in [3.05, 3.63) is 42.5 Å². The molecule has 0 radical (unpaired) electrons. The van der Waals surface area contributed by atoms with Crippen molar-refractivity contribution in [2.45, 2.75) is 33.1 Å². The van der Waals surface area contributed by atoms with Crippen LogP contribution < -0.4 is 4.74 Å². The second-order valence-electron chi connectivity index (χ2n) is 5.11. The first-order valence-electron chi connectivity index (χ1n) is 6.17. The number of hydrogen-bond acceptors (Lipinski definition) is 2. The normalized spacial score (nSPS) is 12.1. The van der Waals surface area contributed by atoms with E-state index >= 15 is 0 Å². The summed E-state index contributed by atoms with van der Waals surface area (Å²) in [5.41, 5.74) is -0.214. The van der Waals surface area contributed by atoms with E-state index in [1.807, 2.05) is 0 Å². The third kappa shape index (κ3) is 4.72. The van der Waals surface area contributed by atoms with Crippen LogP contribution in [0.25, 0.3) is 0 Å². The van der Waals surface area contributed by atoms with Gasteiger partial charge in [-0.05, 0) is 37.1 Å². The summed E-state index contributed by atoms with van der Waals surface area (Å²) >= 11 is 0. The van der Waals surface area contributed by atoms with Crippen molar-refractivity contribution in [2.75, 3.05) is 0 Å². The summed E-state index contributed by atoms with van der Waals surface area (Å²) in [7, 11) is 0. The van der Waals surface area contributed by atoms with Gasteiger partial charge in [-0.25, -0.2) is 0 Å². The number of carbonyl (C=O) groups is 1. The highest BCUT2D eigenvalue weighted by Gasteiger charge is 2.31. The van der Waals surface area contributed by atoms with Gasteiger partial charge in [-0.3, -0.25) is 4.79 Å². The van der Waals surface area contributed by atoms with Crippen molar-refractivity contribution in [2.24, 2.45) is 5.41 Å². The van der Waals surface area contributed by atoms with Crippen molar-refractivity contribution >= 4 is 5.78 Å². The highest BCUT2D eigenvalue weighted by molar-refractivity contribution is 6.00. The number of rotatable bonds is 6. The highest BCUT2D eigenvalue weighted by Crippen LogP contribution is 2.29. The predicted octanol–water partition coefficient (Wildman–Crippen LogP) is 4.76. The van der Waals surface area contributed by atoms with E-state index in [0.717, 1.165) is 12.1 Å². The number of Topliss-reactive ketones (excluding diaryl/α,β-unsaturated/α-hetero) is 1. The first-order chi connectivity index (χ1) is 9.15. The lowest BCUT2D eigenvalue weighted by molar-refractivity contribution is -0.274. The van der Waals surface area contributed by atoms with Crippen LogP contribution in [0.15, 0.2) is 36.9 Å². The maximum Gasteiger partial charge on any atom is 0.573 e. The predicted molar refractivity (Wildman–Crippen MR) is 70.7 cm³/mol. The molecular weight excluding hydrogens is 269 g/mol. The number of alkyl halides is 3. The number of halogens is 3. The van der Waals surface area contributed by atoms with Crippen molar-refractivity contribution in [1.82, 2.24) is 0 Å². The van der Waals surface area contributed by atoms with E-state index in [9.17, 15) is 18.0 Å². The molecule has 110 valence electrons. The van der Waals surface area contributed by atoms with Gasteiger partial charge in [-0.15, -0.1) is 19.8 Å². The summed E-state index contributed by atoms with van der Waals surface area (Å²) in [6, 6.07) is 4.98. The van der Waals surface area contributed by atoms with Crippen molar-refractivity contribution in [1.29, 1.82) is 0 Å². The molecule has 0 atom stereocenters. The van der Waals surface area contributed by atoms with Crippen LogP contribution in [0.3, 0.4) is 0 Å². The fourth-order valence-electron chi connectivity index (χ4n) is 1.78. The summed E-state index contributed by atoms with van der Waals surface area (Å²) in [5, 5.41) is 0. The Kier molecular flexibility index (Phi) is 4.98. The second kappa shape index (κ2) is 6.11. The smallest absolute Gasteiger partial charge is 0.406 e. The van der Waals surface area contributed by atoms with Gasteiger partial charge in [0.1, 0.15) is 5.75 Å². The topological polar surface area (TPSA) is 26.3 Å². The highest BCUT2D eigenvalue weighted by atomic mass is 19.4. The van der Waals surface area contributed by atoms with Gasteiger partial charge in [0.25, 0.3) is 0 Å². The number of benzene rings is 1. The molecule has 0 aromatic heterocycles. The molecule has 0 N–H and O–H groups in total. The van der Waals surface area contributed by atoms with E-state index in [4.69, 9.17) is 0 Å². The molecule has 0 aliphatic heterocycles. The van der Waals surface area contributed by atoms with Crippen LogP contribution >= 0.6 is 0 Å². The lowest BCUT2D eigenvalue weighted by Gasteiger charge is -2.22. The molecule has 0 saturated carbocycles. The monoisotopic (exact) mass is 286 g/mol. The zero-order valence-corrected chi connectivity index (χ0v) is 11.5. The summed E-state index contributed by atoms with van der Waals surface area (Å²) in [4.78, 5) is 12.3. The Bertz CT molecular complexity index is 473. The zero-order valence-electron chi connectivity index (χ0n) is 11.5. The molecule has 1 aromatic carbocycles. The minimum atomic E-state index is -4.73. The number of allylic oxidation sites excluding steroid dienone is 1. The van der Waals surface area contributed by atoms with Gasteiger partial charge in [-0.2, -0.15) is 0 Å². The van der Waals surface area contributed by atoms with Crippen LogP contribution in [0.5, 0.6) is 5.75 Å². The Morgan fingerprint density at radius 2 is 1.80 bits per heavy atom. The van der Waals surface area contributed by atoms with E-state index < -0.39 is 11.8 Å². The molecule has 0 fully saturated rings. The molecule has 0 heterocycles. The van der Waals surface area contributed by atoms with Crippen LogP contribution in [0.2, 0.25) is 0 Å². The van der Waals surface area contributed by atoms with Gasteiger partial charge in [0.2, 0.25) is 0 Å². The third-order valence-corrected chi connectivity index (χ3v) is 2.94. The zero-order chi connectivity index (χ0) is 15.4. The Morgan fingerprint density at radius 1 is 1.25 bits per heavy atom. The summed E-state index contributed by atoms with van der Waals surface area (Å²) < 4.78 is 39.9. The molecule has 1 rings (SSSR count). The second-order valence-corrected chi connectivity index (χ2v) is 5.11. The average molecular weight is 286 g/mol. The fourth-order valence-corrected chi connectivity index (χ4v) is 1.78. The number of ketones is 1. The van der Waals surface area contributed by atoms with Gasteiger partial charge in [0.05, 0.1) is 0 Å². The molecular formula is C15H17F3O2. The summed E-state index contributed by atoms with van der Waals surface area (Å²) in [6.07, 6.45) is -1.66. The van der Waals surface area contributed by atoms with Gasteiger partial charge in [-0.1, -0.05) is 19.9 Å². The maximum atomic E-state index is 12.3. The van der Waals surface area contributed by atoms with Crippen LogP contribution in [-0.4, -0.2) is 12.1 Å². The fraction of sp³-hybridized carbons (Fsp3) is 0.400. The van der Waals surface area contributed by atoms with Gasteiger partial charge in [0, 0.05) is 11.0 Å². The molecule has 0 amide bonds. The first kappa shape index (κ1) is 16.3. The van der Waals surface area contributed by atoms with Crippen molar-refractivity contribution in [3.63, 3.8) is 0 Å². The average Bonchev–Trinajstić information content (AvgIpc) is 2.34. The molecule has 0 aliphatic rings. The van der Waals surface area contributed by atoms with E-state index in [2.05, 4.69) is 11.3 Å². The molecule has 0 bridgehead atoms. The van der Waals surface area contributed by atoms with Crippen LogP contribution in [0.4, 0.5) is 13.2 Å². The van der Waals surface area contributed by atoms with Crippen molar-refractivity contribution < 1.29 is 22.7 Å². The molecule has 20 heavy (non-hydrogen) atoms.